The maximum absolute atomic E-state index is 13.2. The van der Waals surface area contributed by atoms with Crippen molar-refractivity contribution in [1.29, 1.82) is 0 Å². The molecule has 6 heteroatoms. The number of aromatic nitrogens is 1. The van der Waals surface area contributed by atoms with Crippen LogP contribution in [0.1, 0.15) is 57.6 Å². The molecule has 2 amide bonds. The molecule has 1 aliphatic heterocycles. The second kappa shape index (κ2) is 9.67. The molecule has 2 fully saturated rings. The lowest BCUT2D eigenvalue weighted by Crippen LogP contribution is -2.54. The molecule has 31 heavy (non-hydrogen) atoms. The van der Waals surface area contributed by atoms with Crippen molar-refractivity contribution in [2.45, 2.75) is 58.3 Å². The number of piperidine rings is 1. The minimum atomic E-state index is -0.674. The Bertz CT molecular complexity index is 888. The first-order chi connectivity index (χ1) is 15.1. The molecule has 1 aromatic carbocycles. The van der Waals surface area contributed by atoms with E-state index in [2.05, 4.69) is 10.5 Å². The molecule has 1 aliphatic carbocycles. The zero-order valence-electron chi connectivity index (χ0n) is 18.4. The van der Waals surface area contributed by atoms with E-state index in [0.29, 0.717) is 37.6 Å². The Morgan fingerprint density at radius 3 is 2.71 bits per heavy atom. The second-order valence-corrected chi connectivity index (χ2v) is 9.13. The van der Waals surface area contributed by atoms with Crippen LogP contribution in [0.15, 0.2) is 40.9 Å². The van der Waals surface area contributed by atoms with Crippen molar-refractivity contribution in [2.75, 3.05) is 19.6 Å². The molecule has 0 radical (unpaired) electrons. The molecule has 1 N–H and O–H groups in total. The van der Waals surface area contributed by atoms with Gasteiger partial charge in [-0.25, -0.2) is 0 Å². The number of hydrogen-bond acceptors (Lipinski definition) is 4. The summed E-state index contributed by atoms with van der Waals surface area (Å²) in [5, 5.41) is 7.23. The van der Waals surface area contributed by atoms with Crippen LogP contribution in [-0.4, -0.2) is 41.5 Å². The van der Waals surface area contributed by atoms with E-state index in [-0.39, 0.29) is 11.8 Å². The summed E-state index contributed by atoms with van der Waals surface area (Å²) in [5.41, 5.74) is 1.08. The van der Waals surface area contributed by atoms with Gasteiger partial charge in [-0.2, -0.15) is 0 Å². The number of hydrogen-bond donors (Lipinski definition) is 1. The Hall–Kier alpha value is -2.63. The van der Waals surface area contributed by atoms with Crippen LogP contribution in [0, 0.1) is 11.3 Å². The van der Waals surface area contributed by atoms with E-state index in [4.69, 9.17) is 4.52 Å². The van der Waals surface area contributed by atoms with Gasteiger partial charge in [0.05, 0.1) is 5.41 Å². The van der Waals surface area contributed by atoms with Crippen molar-refractivity contribution in [3.05, 3.63) is 42.2 Å². The molecule has 2 aromatic rings. The Kier molecular flexibility index (Phi) is 6.73. The van der Waals surface area contributed by atoms with Crippen molar-refractivity contribution < 1.29 is 14.1 Å². The largest absolute Gasteiger partial charge is 0.361 e. The molecule has 2 heterocycles. The average molecular weight is 424 g/mol. The molecule has 1 saturated heterocycles. The van der Waals surface area contributed by atoms with Gasteiger partial charge >= 0.3 is 0 Å². The summed E-state index contributed by atoms with van der Waals surface area (Å²) in [6, 6.07) is 11.8. The summed E-state index contributed by atoms with van der Waals surface area (Å²) in [7, 11) is 0. The van der Waals surface area contributed by atoms with Gasteiger partial charge in [-0.1, -0.05) is 48.3 Å². The van der Waals surface area contributed by atoms with Crippen LogP contribution >= 0.6 is 0 Å². The number of nitrogens with one attached hydrogen (secondary N) is 1. The van der Waals surface area contributed by atoms with Gasteiger partial charge in [-0.3, -0.25) is 9.59 Å². The van der Waals surface area contributed by atoms with Gasteiger partial charge in [-0.15, -0.1) is 0 Å². The van der Waals surface area contributed by atoms with E-state index in [0.717, 1.165) is 43.5 Å². The molecule has 0 unspecified atom stereocenters. The quantitative estimate of drug-likeness (QED) is 0.724. The topological polar surface area (TPSA) is 75.4 Å². The SMILES string of the molecule is CCNC(=O)[C@@]1(Cc2cc(-c3ccccc3)no2)CCCN(C(=O)CC2CCCC2)C1. The van der Waals surface area contributed by atoms with E-state index in [1.165, 1.54) is 12.8 Å². The third kappa shape index (κ3) is 5.00. The van der Waals surface area contributed by atoms with Gasteiger partial charge in [0.1, 0.15) is 11.5 Å². The van der Waals surface area contributed by atoms with Crippen LogP contribution in [0.4, 0.5) is 0 Å². The summed E-state index contributed by atoms with van der Waals surface area (Å²) in [6.45, 7) is 3.69. The minimum Gasteiger partial charge on any atom is -0.361 e. The fourth-order valence-corrected chi connectivity index (χ4v) is 5.17. The van der Waals surface area contributed by atoms with Gasteiger partial charge in [0.2, 0.25) is 11.8 Å². The molecule has 4 rings (SSSR count). The number of nitrogens with zero attached hydrogens (tertiary/aromatic N) is 2. The number of carbonyl (C=O) groups excluding carboxylic acids is 2. The lowest BCUT2D eigenvalue weighted by Gasteiger charge is -2.41. The Morgan fingerprint density at radius 1 is 1.19 bits per heavy atom. The number of carbonyl (C=O) groups is 2. The highest BCUT2D eigenvalue weighted by atomic mass is 16.5. The maximum atomic E-state index is 13.2. The standard InChI is InChI=1S/C25H33N3O3/c1-2-26-24(30)25(17-21-16-22(27-31-21)20-11-4-3-5-12-20)13-8-14-28(18-25)23(29)15-19-9-6-7-10-19/h3-5,11-12,16,19H,2,6-10,13-15,17-18H2,1H3,(H,26,30)/t25-/m1/s1. The summed E-state index contributed by atoms with van der Waals surface area (Å²) >= 11 is 0. The van der Waals surface area contributed by atoms with Crippen LogP contribution in [0.5, 0.6) is 0 Å². The molecule has 2 aliphatic rings. The Balaban J connectivity index is 1.51. The van der Waals surface area contributed by atoms with Crippen LogP contribution in [0.25, 0.3) is 11.3 Å². The van der Waals surface area contributed by atoms with Gasteiger partial charge in [-0.05, 0) is 38.5 Å². The predicted octanol–water partition coefficient (Wildman–Crippen LogP) is 4.21. The lowest BCUT2D eigenvalue weighted by atomic mass is 9.75. The lowest BCUT2D eigenvalue weighted by molar-refractivity contribution is -0.142. The van der Waals surface area contributed by atoms with Crippen molar-refractivity contribution in [2.24, 2.45) is 11.3 Å². The fraction of sp³-hybridized carbons (Fsp3) is 0.560. The van der Waals surface area contributed by atoms with Crippen LogP contribution in [0.3, 0.4) is 0 Å². The van der Waals surface area contributed by atoms with E-state index < -0.39 is 5.41 Å². The number of benzene rings is 1. The first-order valence-corrected chi connectivity index (χ1v) is 11.7. The molecular formula is C25H33N3O3. The molecule has 0 spiro atoms. The highest BCUT2D eigenvalue weighted by molar-refractivity contribution is 5.85. The first-order valence-electron chi connectivity index (χ1n) is 11.7. The molecule has 1 atom stereocenters. The fourth-order valence-electron chi connectivity index (χ4n) is 5.17. The monoisotopic (exact) mass is 423 g/mol. The zero-order chi connectivity index (χ0) is 21.7. The summed E-state index contributed by atoms with van der Waals surface area (Å²) in [6.07, 6.45) is 7.41. The number of likely N-dealkylation sites (tertiary alicyclic amines) is 1. The molecule has 166 valence electrons. The highest BCUT2D eigenvalue weighted by Gasteiger charge is 2.44. The van der Waals surface area contributed by atoms with Crippen molar-refractivity contribution >= 4 is 11.8 Å². The first kappa shape index (κ1) is 21.6. The van der Waals surface area contributed by atoms with Crippen molar-refractivity contribution in [1.82, 2.24) is 15.4 Å². The summed E-state index contributed by atoms with van der Waals surface area (Å²) in [5.74, 6) is 1.40. The van der Waals surface area contributed by atoms with Gasteiger partial charge in [0, 0.05) is 44.1 Å². The molecular weight excluding hydrogens is 390 g/mol. The smallest absolute Gasteiger partial charge is 0.228 e. The molecule has 1 saturated carbocycles. The van der Waals surface area contributed by atoms with Crippen LogP contribution in [-0.2, 0) is 16.0 Å². The third-order valence-electron chi connectivity index (χ3n) is 6.83. The Labute approximate surface area is 184 Å². The van der Waals surface area contributed by atoms with E-state index in [1.807, 2.05) is 48.2 Å². The maximum Gasteiger partial charge on any atom is 0.228 e. The zero-order valence-corrected chi connectivity index (χ0v) is 18.4. The molecule has 1 aromatic heterocycles. The predicted molar refractivity (Wildman–Crippen MR) is 119 cm³/mol. The minimum absolute atomic E-state index is 0.00558. The van der Waals surface area contributed by atoms with E-state index in [9.17, 15) is 9.59 Å². The van der Waals surface area contributed by atoms with Crippen molar-refractivity contribution in [3.8, 4) is 11.3 Å². The number of amides is 2. The van der Waals surface area contributed by atoms with Gasteiger partial charge in [0.15, 0.2) is 0 Å². The number of rotatable bonds is 7. The molecule has 0 bridgehead atoms. The van der Waals surface area contributed by atoms with Crippen LogP contribution < -0.4 is 5.32 Å². The average Bonchev–Trinajstić information content (AvgIpc) is 3.47. The highest BCUT2D eigenvalue weighted by Crippen LogP contribution is 2.36. The van der Waals surface area contributed by atoms with E-state index in [1.54, 1.807) is 0 Å². The Morgan fingerprint density at radius 2 is 1.97 bits per heavy atom. The summed E-state index contributed by atoms with van der Waals surface area (Å²) < 4.78 is 5.65. The van der Waals surface area contributed by atoms with E-state index >= 15 is 0 Å². The van der Waals surface area contributed by atoms with Gasteiger partial charge in [0.25, 0.3) is 0 Å². The molecule has 6 nitrogen and oxygen atoms in total. The normalized spacial score (nSPS) is 21.9. The second-order valence-electron chi connectivity index (χ2n) is 9.13. The van der Waals surface area contributed by atoms with Gasteiger partial charge < -0.3 is 14.7 Å². The third-order valence-corrected chi connectivity index (χ3v) is 6.83. The summed E-state index contributed by atoms with van der Waals surface area (Å²) in [4.78, 5) is 28.1. The van der Waals surface area contributed by atoms with Crippen molar-refractivity contribution in [3.63, 3.8) is 0 Å². The van der Waals surface area contributed by atoms with Crippen LogP contribution in [0.2, 0.25) is 0 Å².